The van der Waals surface area contributed by atoms with Crippen LogP contribution in [0.15, 0.2) is 72.9 Å². The van der Waals surface area contributed by atoms with Gasteiger partial charge in [0.05, 0.1) is 19.8 Å². The number of hydrogen-bond acceptors (Lipinski definition) is 9. The van der Waals surface area contributed by atoms with Gasteiger partial charge in [-0.3, -0.25) is 18.6 Å². The lowest BCUT2D eigenvalue weighted by Crippen LogP contribution is -2.29. The molecule has 0 aromatic rings. The van der Waals surface area contributed by atoms with Crippen LogP contribution in [-0.4, -0.2) is 65.7 Å². The van der Waals surface area contributed by atoms with Crippen molar-refractivity contribution in [1.29, 1.82) is 0 Å². The number of unbranched alkanes of at least 4 members (excludes halogenated alkanes) is 18. The Balaban J connectivity index is 4.36. The van der Waals surface area contributed by atoms with E-state index >= 15 is 0 Å². The minimum absolute atomic E-state index is 0.115. The van der Waals surface area contributed by atoms with E-state index in [1.54, 1.807) is 0 Å². The molecule has 0 radical (unpaired) electrons. The van der Waals surface area contributed by atoms with Gasteiger partial charge in [-0.05, 0) is 77.0 Å². The van der Waals surface area contributed by atoms with Crippen LogP contribution in [0.2, 0.25) is 0 Å². The number of phosphoric ester groups is 1. The molecule has 11 heteroatoms. The number of aliphatic hydroxyl groups is 2. The molecule has 0 fully saturated rings. The van der Waals surface area contributed by atoms with Crippen molar-refractivity contribution < 1.29 is 47.8 Å². The molecule has 0 rings (SSSR count). The van der Waals surface area contributed by atoms with Crippen molar-refractivity contribution in [3.05, 3.63) is 72.9 Å². The van der Waals surface area contributed by atoms with Gasteiger partial charge < -0.3 is 24.6 Å². The Morgan fingerprint density at radius 2 is 0.885 bits per heavy atom. The highest BCUT2D eigenvalue weighted by atomic mass is 31.2. The first-order chi connectivity index (χ1) is 29.7. The highest BCUT2D eigenvalue weighted by Crippen LogP contribution is 2.43. The topological polar surface area (TPSA) is 149 Å². The fourth-order valence-corrected chi connectivity index (χ4v) is 6.94. The molecule has 0 spiro atoms. The molecule has 352 valence electrons. The zero-order chi connectivity index (χ0) is 44.8. The van der Waals surface area contributed by atoms with Crippen LogP contribution in [0.1, 0.15) is 194 Å². The highest BCUT2D eigenvalue weighted by molar-refractivity contribution is 7.47. The summed E-state index contributed by atoms with van der Waals surface area (Å²) in [6.45, 7) is 2.27. The van der Waals surface area contributed by atoms with Crippen molar-refractivity contribution >= 4 is 19.8 Å². The van der Waals surface area contributed by atoms with Gasteiger partial charge in [0.2, 0.25) is 0 Å². The third-order valence-electron chi connectivity index (χ3n) is 9.85. The first-order valence-corrected chi connectivity index (χ1v) is 25.4. The molecule has 0 aliphatic heterocycles. The Morgan fingerprint density at radius 3 is 1.39 bits per heavy atom. The van der Waals surface area contributed by atoms with Crippen LogP contribution < -0.4 is 0 Å². The van der Waals surface area contributed by atoms with E-state index in [9.17, 15) is 24.2 Å². The molecule has 61 heavy (non-hydrogen) atoms. The predicted octanol–water partition coefficient (Wildman–Crippen LogP) is 13.2. The zero-order valence-electron chi connectivity index (χ0n) is 38.4. The minimum atomic E-state index is -4.64. The van der Waals surface area contributed by atoms with E-state index in [2.05, 4.69) is 74.6 Å². The Morgan fingerprint density at radius 1 is 0.492 bits per heavy atom. The fourth-order valence-electron chi connectivity index (χ4n) is 6.15. The summed E-state index contributed by atoms with van der Waals surface area (Å²) in [7, 11) is -4.64. The zero-order valence-corrected chi connectivity index (χ0v) is 39.3. The van der Waals surface area contributed by atoms with Gasteiger partial charge in [0.1, 0.15) is 12.7 Å². The van der Waals surface area contributed by atoms with Crippen molar-refractivity contribution in [2.75, 3.05) is 26.4 Å². The molecule has 0 bridgehead atoms. The van der Waals surface area contributed by atoms with Gasteiger partial charge in [0.15, 0.2) is 6.10 Å². The molecule has 0 amide bonds. The van der Waals surface area contributed by atoms with Crippen molar-refractivity contribution in [2.24, 2.45) is 0 Å². The molecule has 0 aromatic carbocycles. The smallest absolute Gasteiger partial charge is 0.462 e. The summed E-state index contributed by atoms with van der Waals surface area (Å²) in [5, 5.41) is 18.4. The number of esters is 2. The minimum Gasteiger partial charge on any atom is -0.462 e. The van der Waals surface area contributed by atoms with E-state index in [0.717, 1.165) is 44.9 Å². The molecule has 0 saturated heterocycles. The maximum atomic E-state index is 12.6. The van der Waals surface area contributed by atoms with E-state index in [4.69, 9.17) is 23.6 Å². The first-order valence-electron chi connectivity index (χ1n) is 23.9. The summed E-state index contributed by atoms with van der Waals surface area (Å²) in [5.41, 5.74) is 0. The number of ether oxygens (including phenoxy) is 2. The van der Waals surface area contributed by atoms with Crippen LogP contribution in [0.3, 0.4) is 0 Å². The Labute approximate surface area is 371 Å². The Bertz CT molecular complexity index is 1240. The largest absolute Gasteiger partial charge is 0.472 e. The van der Waals surface area contributed by atoms with E-state index in [-0.39, 0.29) is 19.4 Å². The van der Waals surface area contributed by atoms with Crippen LogP contribution in [-0.2, 0) is 32.7 Å². The lowest BCUT2D eigenvalue weighted by molar-refractivity contribution is -0.161. The third-order valence-corrected chi connectivity index (χ3v) is 10.8. The Kier molecular flexibility index (Phi) is 43.5. The van der Waals surface area contributed by atoms with E-state index in [1.807, 2.05) is 12.2 Å². The van der Waals surface area contributed by atoms with Crippen molar-refractivity contribution in [1.82, 2.24) is 0 Å². The van der Waals surface area contributed by atoms with Crippen LogP contribution in [0.5, 0.6) is 0 Å². The predicted molar refractivity (Wildman–Crippen MR) is 251 cm³/mol. The van der Waals surface area contributed by atoms with Crippen molar-refractivity contribution in [3.63, 3.8) is 0 Å². The van der Waals surface area contributed by atoms with Gasteiger partial charge in [-0.15, -0.1) is 0 Å². The number of aliphatic hydroxyl groups excluding tert-OH is 2. The second-order valence-corrected chi connectivity index (χ2v) is 17.2. The maximum absolute atomic E-state index is 12.6. The lowest BCUT2D eigenvalue weighted by Gasteiger charge is -2.20. The molecule has 0 aromatic heterocycles. The number of rotatable bonds is 44. The summed E-state index contributed by atoms with van der Waals surface area (Å²) in [4.78, 5) is 35.1. The summed E-state index contributed by atoms with van der Waals surface area (Å²) in [5.74, 6) is -1.02. The average molecular weight is 879 g/mol. The SMILES string of the molecule is CCCCC/C=C/C/C=C/C/C=C/C/C=C/C/C=C/CCC(=O)OC[C@H](COP(=O)(O)OC[C@@H](O)CO)OC(=O)CCCCCCCCCCC/C=C/CCCCCCCC. The standard InChI is InChI=1S/C50H87O10P/c1-3-5-7-9-11-13-15-17-19-21-23-25-27-29-31-33-35-37-39-41-49(53)57-45-48(46-59-61(55,56)58-44-47(52)43-51)60-50(54)42-40-38-36-34-32-30-28-26-24-22-20-18-16-14-12-10-8-6-4-2/h11,13,17-20,23,25,29,31,35,37,47-48,51-52H,3-10,12,14-16,21-22,24,26-28,30,32-34,36,38-46H2,1-2H3,(H,55,56)/b13-11+,19-17+,20-18+,25-23+,31-29+,37-35+/t47-,48+/m0/s1. The summed E-state index contributed by atoms with van der Waals surface area (Å²) in [6, 6.07) is 0. The molecule has 3 N–H and O–H groups in total. The van der Waals surface area contributed by atoms with Gasteiger partial charge in [-0.1, -0.05) is 177 Å². The maximum Gasteiger partial charge on any atom is 0.472 e. The van der Waals surface area contributed by atoms with Gasteiger partial charge >= 0.3 is 19.8 Å². The molecule has 0 aliphatic rings. The summed E-state index contributed by atoms with van der Waals surface area (Å²) in [6.07, 6.45) is 53.1. The third kappa shape index (κ3) is 45.3. The Hall–Kier alpha value is -2.59. The van der Waals surface area contributed by atoms with Crippen LogP contribution in [0, 0.1) is 0 Å². The molecular formula is C50H87O10P. The number of hydrogen-bond donors (Lipinski definition) is 3. The molecule has 0 saturated carbocycles. The molecule has 10 nitrogen and oxygen atoms in total. The lowest BCUT2D eigenvalue weighted by atomic mass is 10.1. The van der Waals surface area contributed by atoms with Crippen molar-refractivity contribution in [2.45, 2.75) is 206 Å². The highest BCUT2D eigenvalue weighted by Gasteiger charge is 2.27. The fraction of sp³-hybridized carbons (Fsp3) is 0.720. The second-order valence-electron chi connectivity index (χ2n) is 15.8. The second kappa shape index (κ2) is 45.4. The average Bonchev–Trinajstić information content (AvgIpc) is 3.25. The van der Waals surface area contributed by atoms with Crippen LogP contribution in [0.4, 0.5) is 0 Å². The molecule has 0 aliphatic carbocycles. The first kappa shape index (κ1) is 58.4. The summed E-state index contributed by atoms with van der Waals surface area (Å²) >= 11 is 0. The quantitative estimate of drug-likeness (QED) is 0.0234. The number of phosphoric acid groups is 1. The van der Waals surface area contributed by atoms with Crippen molar-refractivity contribution in [3.8, 4) is 0 Å². The van der Waals surface area contributed by atoms with Gasteiger partial charge in [-0.2, -0.15) is 0 Å². The van der Waals surface area contributed by atoms with Gasteiger partial charge in [-0.25, -0.2) is 4.57 Å². The number of allylic oxidation sites excluding steroid dienone is 12. The normalized spacial score (nSPS) is 14.4. The van der Waals surface area contributed by atoms with Crippen LogP contribution >= 0.6 is 7.82 Å². The van der Waals surface area contributed by atoms with E-state index < -0.39 is 51.8 Å². The molecule has 3 atom stereocenters. The number of carbonyl (C=O) groups is 2. The number of carbonyl (C=O) groups excluding carboxylic acids is 2. The van der Waals surface area contributed by atoms with E-state index in [1.165, 1.54) is 109 Å². The molecular weight excluding hydrogens is 792 g/mol. The molecule has 0 heterocycles. The van der Waals surface area contributed by atoms with Gasteiger partial charge in [0, 0.05) is 12.8 Å². The van der Waals surface area contributed by atoms with Crippen LogP contribution in [0.25, 0.3) is 0 Å². The van der Waals surface area contributed by atoms with E-state index in [0.29, 0.717) is 12.8 Å². The van der Waals surface area contributed by atoms with Gasteiger partial charge in [0.25, 0.3) is 0 Å². The monoisotopic (exact) mass is 879 g/mol. The molecule has 1 unspecified atom stereocenters. The summed E-state index contributed by atoms with van der Waals surface area (Å²) < 4.78 is 32.7.